The number of hydrogen-bond acceptors (Lipinski definition) is 4. The van der Waals surface area contributed by atoms with Gasteiger partial charge in [0.15, 0.2) is 0 Å². The predicted molar refractivity (Wildman–Crippen MR) is 97.2 cm³/mol. The topological polar surface area (TPSA) is 60.8 Å². The van der Waals surface area contributed by atoms with Crippen LogP contribution < -0.4 is 0 Å². The summed E-state index contributed by atoms with van der Waals surface area (Å²) in [5.74, 6) is 1.16. The van der Waals surface area contributed by atoms with E-state index in [1.165, 1.54) is 0 Å². The number of carbonyl (C=O) groups is 1. The highest BCUT2D eigenvalue weighted by Gasteiger charge is 2.85. The Morgan fingerprint density at radius 2 is 2.08 bits per heavy atom. The van der Waals surface area contributed by atoms with Crippen LogP contribution in [0.25, 0.3) is 0 Å². The van der Waals surface area contributed by atoms with Crippen LogP contribution in [0.1, 0.15) is 46.0 Å². The van der Waals surface area contributed by atoms with Gasteiger partial charge in [-0.15, -0.1) is 0 Å². The van der Waals surface area contributed by atoms with Gasteiger partial charge in [0.1, 0.15) is 5.78 Å². The summed E-state index contributed by atoms with van der Waals surface area (Å²) < 4.78 is 0. The Hall–Kier alpha value is -0.710. The molecule has 4 nitrogen and oxygen atoms in total. The third kappa shape index (κ3) is 1.33. The molecule has 6 fully saturated rings. The van der Waals surface area contributed by atoms with Crippen molar-refractivity contribution in [1.29, 1.82) is 0 Å². The molecule has 26 heavy (non-hydrogen) atoms. The van der Waals surface area contributed by atoms with Crippen LogP contribution in [0.5, 0.6) is 0 Å². The maximum Gasteiger partial charge on any atom is 0.140 e. The van der Waals surface area contributed by atoms with Gasteiger partial charge in [0.2, 0.25) is 0 Å². The monoisotopic (exact) mass is 357 g/mol. The SMILES string of the molecule is C=C1C2C[C@]3(C(CC2=O)[C@]24C5C[C@H]3[C@H]2N(CC)C[C@]5(C)CC[C@@H]4O)[C@@H]1O. The number of carbonyl (C=O) groups excluding carboxylic acids is 1. The molecule has 2 spiro atoms. The first-order chi connectivity index (χ1) is 12.3. The number of likely N-dealkylation sites (tertiary alicyclic amines) is 1. The first-order valence-corrected chi connectivity index (χ1v) is 10.6. The minimum absolute atomic E-state index is 0.130. The normalized spacial score (nSPS) is 62.7. The minimum Gasteiger partial charge on any atom is -0.392 e. The summed E-state index contributed by atoms with van der Waals surface area (Å²) in [6.45, 7) is 10.9. The molecule has 1 aliphatic heterocycles. The zero-order valence-corrected chi connectivity index (χ0v) is 15.9. The van der Waals surface area contributed by atoms with Crippen molar-refractivity contribution in [2.45, 2.75) is 64.2 Å². The molecule has 0 aromatic heterocycles. The zero-order chi connectivity index (χ0) is 18.2. The molecular weight excluding hydrogens is 326 g/mol. The van der Waals surface area contributed by atoms with Gasteiger partial charge in [-0.1, -0.05) is 20.4 Å². The molecule has 6 aliphatic rings. The Morgan fingerprint density at radius 1 is 1.31 bits per heavy atom. The molecular formula is C22H31NO3. The number of aliphatic hydroxyl groups is 2. The third-order valence-corrected chi connectivity index (χ3v) is 10.4. The molecule has 1 heterocycles. The number of aliphatic hydroxyl groups excluding tert-OH is 2. The van der Waals surface area contributed by atoms with Gasteiger partial charge in [-0.25, -0.2) is 0 Å². The highest BCUT2D eigenvalue weighted by molar-refractivity contribution is 5.87. The lowest BCUT2D eigenvalue weighted by Crippen LogP contribution is -2.68. The second-order valence-corrected chi connectivity index (χ2v) is 10.7. The minimum atomic E-state index is -0.561. The van der Waals surface area contributed by atoms with Gasteiger partial charge in [-0.2, -0.15) is 0 Å². The summed E-state index contributed by atoms with van der Waals surface area (Å²) in [5.41, 5.74) is 0.598. The molecule has 10 atom stereocenters. The molecule has 3 unspecified atom stereocenters. The number of piperidine rings is 1. The van der Waals surface area contributed by atoms with E-state index in [-0.39, 0.29) is 40.0 Å². The van der Waals surface area contributed by atoms with Crippen molar-refractivity contribution in [3.05, 3.63) is 12.2 Å². The van der Waals surface area contributed by atoms with Crippen molar-refractivity contribution < 1.29 is 15.0 Å². The van der Waals surface area contributed by atoms with Crippen molar-refractivity contribution in [1.82, 2.24) is 4.90 Å². The number of rotatable bonds is 1. The number of hydrogen-bond donors (Lipinski definition) is 2. The van der Waals surface area contributed by atoms with Gasteiger partial charge in [0, 0.05) is 35.8 Å². The van der Waals surface area contributed by atoms with Crippen LogP contribution in [0.2, 0.25) is 0 Å². The maximum absolute atomic E-state index is 13.0. The van der Waals surface area contributed by atoms with Gasteiger partial charge >= 0.3 is 0 Å². The van der Waals surface area contributed by atoms with Crippen molar-refractivity contribution in [2.75, 3.05) is 13.1 Å². The Bertz CT molecular complexity index is 735. The average Bonchev–Trinajstić information content (AvgIpc) is 3.14. The molecule has 2 N–H and O–H groups in total. The van der Waals surface area contributed by atoms with Gasteiger partial charge in [0.25, 0.3) is 0 Å². The standard InChI is InChI=1S/C22H31NO3/c1-4-23-10-20(3)6-5-17(25)22-15(20)7-13(18(22)23)21-9-12(11(2)19(21)26)14(24)8-16(21)22/h12-13,15-19,25-26H,2,4-10H2,1,3H3/t12?,13-,15?,16?,17-,18+,19+,20-,21-,22-/m0/s1. The molecule has 7 bridgehead atoms. The summed E-state index contributed by atoms with van der Waals surface area (Å²) in [6.07, 6.45) is 3.50. The maximum atomic E-state index is 13.0. The van der Waals surface area contributed by atoms with Crippen molar-refractivity contribution >= 4 is 5.78 Å². The Morgan fingerprint density at radius 3 is 2.81 bits per heavy atom. The fourth-order valence-electron chi connectivity index (χ4n) is 9.75. The number of fused-ring (bicyclic) bond motifs is 1. The van der Waals surface area contributed by atoms with Crippen LogP contribution >= 0.6 is 0 Å². The van der Waals surface area contributed by atoms with Crippen molar-refractivity contribution in [3.8, 4) is 0 Å². The summed E-state index contributed by atoms with van der Waals surface area (Å²) >= 11 is 0. The van der Waals surface area contributed by atoms with E-state index in [0.29, 0.717) is 24.3 Å². The quantitative estimate of drug-likeness (QED) is 0.705. The van der Waals surface area contributed by atoms with E-state index in [2.05, 4.69) is 25.3 Å². The summed E-state index contributed by atoms with van der Waals surface area (Å²) in [4.78, 5) is 15.6. The Labute approximate surface area is 155 Å². The average molecular weight is 357 g/mol. The highest BCUT2D eigenvalue weighted by Crippen LogP contribution is 2.83. The first kappa shape index (κ1) is 16.3. The number of Topliss-reactive ketones (excluding diaryl/α,β-unsaturated/α-hetero) is 1. The predicted octanol–water partition coefficient (Wildman–Crippen LogP) is 2.00. The van der Waals surface area contributed by atoms with Crippen LogP contribution in [0.15, 0.2) is 12.2 Å². The molecule has 0 aromatic carbocycles. The summed E-state index contributed by atoms with van der Waals surface area (Å²) in [6, 6.07) is 0.331. The molecule has 5 saturated carbocycles. The van der Waals surface area contributed by atoms with E-state index in [9.17, 15) is 15.0 Å². The molecule has 4 heteroatoms. The fourth-order valence-corrected chi connectivity index (χ4v) is 9.75. The lowest BCUT2D eigenvalue weighted by Gasteiger charge is -2.65. The lowest BCUT2D eigenvalue weighted by atomic mass is 9.43. The molecule has 5 aliphatic carbocycles. The van der Waals surface area contributed by atoms with E-state index in [1.807, 2.05) is 0 Å². The van der Waals surface area contributed by atoms with Gasteiger partial charge in [0.05, 0.1) is 12.2 Å². The van der Waals surface area contributed by atoms with E-state index >= 15 is 0 Å². The summed E-state index contributed by atoms with van der Waals surface area (Å²) in [5, 5.41) is 22.8. The lowest BCUT2D eigenvalue weighted by molar-refractivity contribution is -0.211. The van der Waals surface area contributed by atoms with Gasteiger partial charge in [-0.05, 0) is 61.0 Å². The van der Waals surface area contributed by atoms with Crippen LogP contribution in [0.3, 0.4) is 0 Å². The Kier molecular flexibility index (Phi) is 2.80. The van der Waals surface area contributed by atoms with Crippen LogP contribution in [-0.4, -0.2) is 52.2 Å². The van der Waals surface area contributed by atoms with Crippen LogP contribution in [-0.2, 0) is 4.79 Å². The fraction of sp³-hybridized carbons (Fsp3) is 0.864. The molecule has 6 rings (SSSR count). The molecule has 0 aromatic rings. The highest BCUT2D eigenvalue weighted by atomic mass is 16.3. The van der Waals surface area contributed by atoms with Crippen LogP contribution in [0, 0.1) is 39.9 Å². The van der Waals surface area contributed by atoms with Crippen molar-refractivity contribution in [3.63, 3.8) is 0 Å². The van der Waals surface area contributed by atoms with Gasteiger partial charge < -0.3 is 10.2 Å². The number of ketones is 1. The third-order valence-electron chi connectivity index (χ3n) is 10.4. The Balaban J connectivity index is 1.62. The van der Waals surface area contributed by atoms with Gasteiger partial charge in [-0.3, -0.25) is 9.69 Å². The molecule has 0 amide bonds. The van der Waals surface area contributed by atoms with Crippen LogP contribution in [0.4, 0.5) is 0 Å². The second-order valence-electron chi connectivity index (χ2n) is 10.7. The molecule has 142 valence electrons. The molecule has 1 saturated heterocycles. The zero-order valence-electron chi connectivity index (χ0n) is 15.9. The van der Waals surface area contributed by atoms with E-state index < -0.39 is 6.10 Å². The molecule has 0 radical (unpaired) electrons. The largest absolute Gasteiger partial charge is 0.392 e. The summed E-state index contributed by atoms with van der Waals surface area (Å²) in [7, 11) is 0. The smallest absolute Gasteiger partial charge is 0.140 e. The van der Waals surface area contributed by atoms with E-state index in [1.54, 1.807) is 0 Å². The van der Waals surface area contributed by atoms with Crippen molar-refractivity contribution in [2.24, 2.45) is 39.9 Å². The van der Waals surface area contributed by atoms with E-state index in [0.717, 1.165) is 44.3 Å². The second kappa shape index (κ2) is 4.47. The number of nitrogens with zero attached hydrogens (tertiary/aromatic N) is 1. The van der Waals surface area contributed by atoms with E-state index in [4.69, 9.17) is 0 Å². The first-order valence-electron chi connectivity index (χ1n) is 10.6.